The van der Waals surface area contributed by atoms with Crippen molar-refractivity contribution >= 4 is 27.5 Å². The van der Waals surface area contributed by atoms with E-state index in [1.165, 1.54) is 12.8 Å². The number of carbonyl (C=O) groups is 1. The van der Waals surface area contributed by atoms with Crippen LogP contribution in [0.15, 0.2) is 23.7 Å². The average Bonchev–Trinajstić information content (AvgIpc) is 3.00. The van der Waals surface area contributed by atoms with Crippen LogP contribution in [0.2, 0.25) is 0 Å². The Morgan fingerprint density at radius 1 is 1.33 bits per heavy atom. The molecule has 4 nitrogen and oxygen atoms in total. The zero-order chi connectivity index (χ0) is 14.7. The van der Waals surface area contributed by atoms with Crippen molar-refractivity contribution in [2.45, 2.75) is 25.7 Å². The van der Waals surface area contributed by atoms with E-state index in [4.69, 9.17) is 0 Å². The van der Waals surface area contributed by atoms with Crippen molar-refractivity contribution in [3.8, 4) is 0 Å². The SMILES string of the molecule is O=C(NCC1CCCCC1CO)c1ccc2ncsc2c1. The standard InChI is InChI=1S/C16H20N2O2S/c19-9-13-4-2-1-3-12(13)8-17-16(20)11-5-6-14-15(7-11)21-10-18-14/h5-7,10,12-13,19H,1-4,8-9H2,(H,17,20). The lowest BCUT2D eigenvalue weighted by Crippen LogP contribution is -2.35. The summed E-state index contributed by atoms with van der Waals surface area (Å²) in [6, 6.07) is 5.60. The zero-order valence-electron chi connectivity index (χ0n) is 11.9. The number of aliphatic hydroxyl groups is 1. The van der Waals surface area contributed by atoms with E-state index < -0.39 is 0 Å². The molecule has 1 fully saturated rings. The van der Waals surface area contributed by atoms with E-state index in [0.717, 1.165) is 23.1 Å². The molecule has 0 aliphatic heterocycles. The Morgan fingerprint density at radius 3 is 2.95 bits per heavy atom. The molecule has 1 aliphatic carbocycles. The first kappa shape index (κ1) is 14.5. The molecule has 0 bridgehead atoms. The molecule has 1 aromatic carbocycles. The van der Waals surface area contributed by atoms with Gasteiger partial charge in [-0.25, -0.2) is 4.98 Å². The fourth-order valence-corrected chi connectivity index (χ4v) is 3.83. The van der Waals surface area contributed by atoms with Crippen LogP contribution < -0.4 is 5.32 Å². The maximum Gasteiger partial charge on any atom is 0.251 e. The van der Waals surface area contributed by atoms with Crippen molar-refractivity contribution in [1.29, 1.82) is 0 Å². The first-order valence-corrected chi connectivity index (χ1v) is 8.38. The summed E-state index contributed by atoms with van der Waals surface area (Å²) in [7, 11) is 0. The minimum atomic E-state index is -0.0347. The maximum absolute atomic E-state index is 12.3. The molecule has 21 heavy (non-hydrogen) atoms. The Kier molecular flexibility index (Phi) is 4.51. The van der Waals surface area contributed by atoms with E-state index in [1.807, 2.05) is 18.2 Å². The van der Waals surface area contributed by atoms with Crippen LogP contribution in [-0.2, 0) is 0 Å². The van der Waals surface area contributed by atoms with Gasteiger partial charge in [-0.2, -0.15) is 0 Å². The van der Waals surface area contributed by atoms with Crippen LogP contribution in [0.3, 0.4) is 0 Å². The molecule has 2 N–H and O–H groups in total. The van der Waals surface area contributed by atoms with Crippen LogP contribution in [0.1, 0.15) is 36.0 Å². The highest BCUT2D eigenvalue weighted by Crippen LogP contribution is 2.29. The van der Waals surface area contributed by atoms with Crippen LogP contribution in [0, 0.1) is 11.8 Å². The fraction of sp³-hybridized carbons (Fsp3) is 0.500. The van der Waals surface area contributed by atoms with Crippen LogP contribution in [0.25, 0.3) is 10.2 Å². The van der Waals surface area contributed by atoms with Gasteiger partial charge in [0.15, 0.2) is 0 Å². The molecule has 0 saturated heterocycles. The normalized spacial score (nSPS) is 22.3. The van der Waals surface area contributed by atoms with Gasteiger partial charge in [-0.1, -0.05) is 12.8 Å². The number of hydrogen-bond donors (Lipinski definition) is 2. The minimum absolute atomic E-state index is 0.0347. The zero-order valence-corrected chi connectivity index (χ0v) is 12.7. The maximum atomic E-state index is 12.3. The van der Waals surface area contributed by atoms with Crippen molar-refractivity contribution < 1.29 is 9.90 Å². The van der Waals surface area contributed by atoms with Crippen LogP contribution >= 0.6 is 11.3 Å². The number of amides is 1. The van der Waals surface area contributed by atoms with Gasteiger partial charge >= 0.3 is 0 Å². The molecule has 3 rings (SSSR count). The van der Waals surface area contributed by atoms with Crippen molar-refractivity contribution in [2.24, 2.45) is 11.8 Å². The summed E-state index contributed by atoms with van der Waals surface area (Å²) < 4.78 is 1.04. The first-order valence-electron chi connectivity index (χ1n) is 7.50. The summed E-state index contributed by atoms with van der Waals surface area (Å²) in [6.07, 6.45) is 4.56. The number of hydrogen-bond acceptors (Lipinski definition) is 4. The highest BCUT2D eigenvalue weighted by molar-refractivity contribution is 7.16. The van der Waals surface area contributed by atoms with E-state index in [0.29, 0.717) is 23.9 Å². The molecule has 1 saturated carbocycles. The lowest BCUT2D eigenvalue weighted by molar-refractivity contribution is 0.0909. The third kappa shape index (κ3) is 3.24. The summed E-state index contributed by atoms with van der Waals surface area (Å²) in [6.45, 7) is 0.887. The number of nitrogens with zero attached hydrogens (tertiary/aromatic N) is 1. The third-order valence-electron chi connectivity index (χ3n) is 4.42. The number of aliphatic hydroxyl groups excluding tert-OH is 1. The summed E-state index contributed by atoms with van der Waals surface area (Å²) in [5.41, 5.74) is 3.41. The van der Waals surface area contributed by atoms with Gasteiger partial charge in [0.2, 0.25) is 0 Å². The third-order valence-corrected chi connectivity index (χ3v) is 5.21. The van der Waals surface area contributed by atoms with Gasteiger partial charge < -0.3 is 10.4 Å². The van der Waals surface area contributed by atoms with Crippen molar-refractivity contribution in [3.63, 3.8) is 0 Å². The summed E-state index contributed by atoms with van der Waals surface area (Å²) in [5, 5.41) is 12.4. The van der Waals surface area contributed by atoms with Crippen LogP contribution in [0.4, 0.5) is 0 Å². The Balaban J connectivity index is 1.62. The van der Waals surface area contributed by atoms with Crippen LogP contribution in [0.5, 0.6) is 0 Å². The molecule has 1 heterocycles. The molecule has 1 aliphatic rings. The number of carbonyl (C=O) groups excluding carboxylic acids is 1. The predicted molar refractivity (Wildman–Crippen MR) is 84.5 cm³/mol. The highest BCUT2D eigenvalue weighted by Gasteiger charge is 2.24. The topological polar surface area (TPSA) is 62.2 Å². The Morgan fingerprint density at radius 2 is 2.14 bits per heavy atom. The van der Waals surface area contributed by atoms with Gasteiger partial charge in [0.05, 0.1) is 15.7 Å². The molecule has 1 aromatic heterocycles. The molecule has 2 unspecified atom stereocenters. The van der Waals surface area contributed by atoms with Gasteiger partial charge in [-0.3, -0.25) is 4.79 Å². The van der Waals surface area contributed by atoms with E-state index in [9.17, 15) is 9.90 Å². The van der Waals surface area contributed by atoms with Crippen molar-refractivity contribution in [1.82, 2.24) is 10.3 Å². The van der Waals surface area contributed by atoms with Gasteiger partial charge in [0.25, 0.3) is 5.91 Å². The molecule has 2 atom stereocenters. The second-order valence-electron chi connectivity index (χ2n) is 5.73. The summed E-state index contributed by atoms with van der Waals surface area (Å²) in [5.74, 6) is 0.704. The molecule has 0 radical (unpaired) electrons. The van der Waals surface area contributed by atoms with E-state index in [2.05, 4.69) is 10.3 Å². The van der Waals surface area contributed by atoms with Crippen molar-refractivity contribution in [2.75, 3.05) is 13.2 Å². The Bertz CT molecular complexity index is 626. The lowest BCUT2D eigenvalue weighted by atomic mass is 9.79. The molecule has 0 spiro atoms. The van der Waals surface area contributed by atoms with Gasteiger partial charge in [-0.15, -0.1) is 11.3 Å². The second kappa shape index (κ2) is 6.54. The molecule has 1 amide bonds. The predicted octanol–water partition coefficient (Wildman–Crippen LogP) is 2.82. The van der Waals surface area contributed by atoms with Crippen LogP contribution in [-0.4, -0.2) is 29.1 Å². The number of thiazole rings is 1. The molecular weight excluding hydrogens is 284 g/mol. The lowest BCUT2D eigenvalue weighted by Gasteiger charge is -2.30. The number of fused-ring (bicyclic) bond motifs is 1. The molecular formula is C16H20N2O2S. The quantitative estimate of drug-likeness (QED) is 0.913. The Labute approximate surface area is 128 Å². The number of aromatic nitrogens is 1. The smallest absolute Gasteiger partial charge is 0.251 e. The summed E-state index contributed by atoms with van der Waals surface area (Å²) >= 11 is 1.54. The minimum Gasteiger partial charge on any atom is -0.396 e. The molecule has 2 aromatic rings. The number of rotatable bonds is 4. The monoisotopic (exact) mass is 304 g/mol. The Hall–Kier alpha value is -1.46. The van der Waals surface area contributed by atoms with Gasteiger partial charge in [-0.05, 0) is 42.9 Å². The molecule has 5 heteroatoms. The van der Waals surface area contributed by atoms with E-state index in [-0.39, 0.29) is 12.5 Å². The fourth-order valence-electron chi connectivity index (χ4n) is 3.12. The van der Waals surface area contributed by atoms with Crippen molar-refractivity contribution in [3.05, 3.63) is 29.3 Å². The summed E-state index contributed by atoms with van der Waals surface area (Å²) in [4.78, 5) is 16.5. The second-order valence-corrected chi connectivity index (χ2v) is 6.62. The van der Waals surface area contributed by atoms with Gasteiger partial charge in [0.1, 0.15) is 0 Å². The van der Waals surface area contributed by atoms with E-state index >= 15 is 0 Å². The first-order chi connectivity index (χ1) is 10.3. The number of nitrogens with one attached hydrogen (secondary N) is 1. The molecule has 112 valence electrons. The van der Waals surface area contributed by atoms with Gasteiger partial charge in [0, 0.05) is 18.7 Å². The average molecular weight is 304 g/mol. The number of benzene rings is 1. The van der Waals surface area contributed by atoms with E-state index in [1.54, 1.807) is 16.8 Å². The highest BCUT2D eigenvalue weighted by atomic mass is 32.1. The largest absolute Gasteiger partial charge is 0.396 e.